The zero-order chi connectivity index (χ0) is 0. The molecule has 0 aliphatic rings. The van der Waals surface area contributed by atoms with Crippen LogP contribution in [0.15, 0.2) is 0 Å². The summed E-state index contributed by atoms with van der Waals surface area (Å²) in [6.45, 7) is 0. The van der Waals surface area contributed by atoms with Gasteiger partial charge in [0.2, 0.25) is 0 Å². The molecule has 0 saturated heterocycles. The summed E-state index contributed by atoms with van der Waals surface area (Å²) in [5.41, 5.74) is 0. The van der Waals surface area contributed by atoms with E-state index in [1.54, 1.807) is 0 Å². The molecule has 0 amide bonds. The first-order chi connectivity index (χ1) is 0. The molecule has 0 heterocycles. The maximum Gasteiger partial charge on any atom is 0 e. The van der Waals surface area contributed by atoms with Gasteiger partial charge in [-0.15, -0.1) is 0 Å². The van der Waals surface area contributed by atoms with E-state index in [-0.39, 0.29) is 37.0 Å². The normalized spacial score (nSPS) is 0. The van der Waals surface area contributed by atoms with E-state index in [2.05, 4.69) is 0 Å². The minimum atomic E-state index is 0. The number of hydrogen-bond donors (Lipinski definition) is 0. The second kappa shape index (κ2) is 578. The van der Waals surface area contributed by atoms with Crippen LogP contribution in [0.25, 0.3) is 0 Å². The Balaban J connectivity index is 0. The van der Waals surface area contributed by atoms with E-state index in [0.29, 0.717) is 0 Å². The second-order valence-corrected chi connectivity index (χ2v) is 0. The van der Waals surface area contributed by atoms with Gasteiger partial charge in [-0.05, 0) is 0 Å². The fraction of sp³-hybridized carbons (Fsp3) is 0. The van der Waals surface area contributed by atoms with Crippen molar-refractivity contribution >= 4 is 0 Å². The smallest absolute Gasteiger partial charge is 0 e. The molecule has 0 spiro atoms. The van der Waals surface area contributed by atoms with Gasteiger partial charge in [0.05, 0.1) is 0 Å². The molecule has 0 aromatic rings. The Morgan fingerprint density at radius 2 is 0.600 bits per heavy atom. The number of hydrogen-bond acceptors (Lipinski definition) is 0. The van der Waals surface area contributed by atoms with Crippen molar-refractivity contribution in [2.24, 2.45) is 0 Å². The Morgan fingerprint density at radius 3 is 0.600 bits per heavy atom. The van der Waals surface area contributed by atoms with Gasteiger partial charge in [-0.3, -0.25) is 0 Å². The predicted octanol–water partition coefficient (Wildman–Crippen LogP) is -9.82. The van der Waals surface area contributed by atoms with Gasteiger partial charge in [0.25, 0.3) is 0 Å². The van der Waals surface area contributed by atoms with Crippen LogP contribution in [0.3, 0.4) is 0 Å². The van der Waals surface area contributed by atoms with E-state index >= 15 is 0 Å². The molecule has 38 valence electrons. The summed E-state index contributed by atoms with van der Waals surface area (Å²) in [4.78, 5) is 0. The van der Waals surface area contributed by atoms with E-state index in [4.69, 9.17) is 0 Å². The summed E-state index contributed by atoms with van der Waals surface area (Å²) in [6.07, 6.45) is 0. The SMILES string of the molecule is O.[Cr].[F-].[F-].[F-]. The van der Waals surface area contributed by atoms with Gasteiger partial charge in [0, 0.05) is 17.4 Å². The average molecular weight is 127 g/mol. The summed E-state index contributed by atoms with van der Waals surface area (Å²) in [5, 5.41) is 0. The maximum atomic E-state index is 0. The molecule has 0 radical (unpaired) electrons. The molecule has 1 nitrogen and oxygen atoms in total. The van der Waals surface area contributed by atoms with Gasteiger partial charge in [-0.2, -0.15) is 0 Å². The van der Waals surface area contributed by atoms with Crippen molar-refractivity contribution in [3.63, 3.8) is 0 Å². The molecular weight excluding hydrogens is 125 g/mol. The van der Waals surface area contributed by atoms with Crippen LogP contribution in [0.4, 0.5) is 0 Å². The van der Waals surface area contributed by atoms with Crippen molar-refractivity contribution in [2.45, 2.75) is 0 Å². The van der Waals surface area contributed by atoms with Crippen LogP contribution in [0.2, 0.25) is 0 Å². The summed E-state index contributed by atoms with van der Waals surface area (Å²) in [5.74, 6) is 0. The van der Waals surface area contributed by atoms with Crippen molar-refractivity contribution in [1.29, 1.82) is 0 Å². The minimum Gasteiger partial charge on any atom is -1.00 e. The van der Waals surface area contributed by atoms with Crippen LogP contribution in [-0.2, 0) is 17.4 Å². The molecule has 0 unspecified atom stereocenters. The van der Waals surface area contributed by atoms with E-state index in [9.17, 15) is 0 Å². The van der Waals surface area contributed by atoms with Crippen molar-refractivity contribution in [1.82, 2.24) is 0 Å². The molecule has 0 rings (SSSR count). The van der Waals surface area contributed by atoms with Gasteiger partial charge >= 0.3 is 0 Å². The molecular formula is H2CrF3O-3. The van der Waals surface area contributed by atoms with Crippen molar-refractivity contribution < 1.29 is 37.0 Å². The van der Waals surface area contributed by atoms with Crippen LogP contribution in [0.1, 0.15) is 0 Å². The Labute approximate surface area is 37.9 Å². The fourth-order valence-electron chi connectivity index (χ4n) is 0. The first kappa shape index (κ1) is 1210. The quantitative estimate of drug-likeness (QED) is 0.309. The molecule has 0 aromatic carbocycles. The minimum absolute atomic E-state index is 0. The standard InChI is InChI=1S/Cr.3FH.H2O/h;3*1H;1H2/p-3. The van der Waals surface area contributed by atoms with Gasteiger partial charge in [-0.1, -0.05) is 0 Å². The first-order valence-electron chi connectivity index (χ1n) is 0. The van der Waals surface area contributed by atoms with Gasteiger partial charge in [-0.25, -0.2) is 0 Å². The van der Waals surface area contributed by atoms with E-state index in [1.807, 2.05) is 0 Å². The molecule has 0 saturated carbocycles. The predicted molar refractivity (Wildman–Crippen MR) is 3.61 cm³/mol. The van der Waals surface area contributed by atoms with Crippen molar-refractivity contribution in [2.75, 3.05) is 0 Å². The number of rotatable bonds is 0. The van der Waals surface area contributed by atoms with E-state index in [1.165, 1.54) is 0 Å². The van der Waals surface area contributed by atoms with Crippen LogP contribution < -0.4 is 14.1 Å². The molecule has 0 aliphatic carbocycles. The maximum absolute atomic E-state index is 0. The second-order valence-electron chi connectivity index (χ2n) is 0. The Hall–Kier alpha value is 0.282. The zero-order valence-electron chi connectivity index (χ0n) is 2.04. The van der Waals surface area contributed by atoms with Crippen molar-refractivity contribution in [3.8, 4) is 0 Å². The molecule has 2 N–H and O–H groups in total. The van der Waals surface area contributed by atoms with Crippen LogP contribution in [0, 0.1) is 0 Å². The van der Waals surface area contributed by atoms with Crippen LogP contribution >= 0.6 is 0 Å². The average Bonchev–Trinajstić information content (AvgIpc) is 0. The molecule has 0 fully saturated rings. The van der Waals surface area contributed by atoms with Gasteiger partial charge in [0.1, 0.15) is 0 Å². The molecule has 0 bridgehead atoms. The Bertz CT molecular complexity index is 6.85. The molecule has 0 aliphatic heterocycles. The van der Waals surface area contributed by atoms with Crippen LogP contribution in [-0.4, -0.2) is 5.48 Å². The summed E-state index contributed by atoms with van der Waals surface area (Å²) >= 11 is 0. The third-order valence-corrected chi connectivity index (χ3v) is 0. The topological polar surface area (TPSA) is 31.5 Å². The molecule has 0 aromatic heterocycles. The van der Waals surface area contributed by atoms with Crippen LogP contribution in [0.5, 0.6) is 0 Å². The zero-order valence-corrected chi connectivity index (χ0v) is 3.32. The van der Waals surface area contributed by atoms with E-state index in [0.717, 1.165) is 0 Å². The fourth-order valence-corrected chi connectivity index (χ4v) is 0. The molecule has 0 atom stereocenters. The largest absolute Gasteiger partial charge is 1.00 e. The third kappa shape index (κ3) is 280. The summed E-state index contributed by atoms with van der Waals surface area (Å²) in [6, 6.07) is 0. The number of halogens is 3. The summed E-state index contributed by atoms with van der Waals surface area (Å²) in [7, 11) is 0. The Kier molecular flexibility index (Phi) is 140000. The monoisotopic (exact) mass is 127 g/mol. The third-order valence-electron chi connectivity index (χ3n) is 0. The van der Waals surface area contributed by atoms with Crippen molar-refractivity contribution in [3.05, 3.63) is 0 Å². The molecule has 5 heavy (non-hydrogen) atoms. The van der Waals surface area contributed by atoms with Gasteiger partial charge in [0.15, 0.2) is 0 Å². The Morgan fingerprint density at radius 1 is 0.600 bits per heavy atom. The van der Waals surface area contributed by atoms with Gasteiger partial charge < -0.3 is 19.6 Å². The van der Waals surface area contributed by atoms with E-state index < -0.39 is 0 Å². The first-order valence-corrected chi connectivity index (χ1v) is 0. The summed E-state index contributed by atoms with van der Waals surface area (Å²) < 4.78 is 0. The molecule has 5 heteroatoms.